The molecule has 3 heterocycles. The van der Waals surface area contributed by atoms with Gasteiger partial charge < -0.3 is 8.83 Å². The van der Waals surface area contributed by atoms with Crippen molar-refractivity contribution in [2.75, 3.05) is 0 Å². The summed E-state index contributed by atoms with van der Waals surface area (Å²) in [6.07, 6.45) is 3.35. The van der Waals surface area contributed by atoms with E-state index < -0.39 is 0 Å². The lowest BCUT2D eigenvalue weighted by molar-refractivity contribution is 0.505. The van der Waals surface area contributed by atoms with E-state index >= 15 is 0 Å². The van der Waals surface area contributed by atoms with E-state index in [4.69, 9.17) is 8.83 Å². The number of nitrogens with zero attached hydrogens (tertiary/aromatic N) is 3. The Kier molecular flexibility index (Phi) is 2.22. The zero-order chi connectivity index (χ0) is 11.7. The standard InChI is InChI=1S/C12H9N3O2/c1-8-2-3-10(16-8)12-15-14-11(17-12)9-4-6-13-7-5-9/h2-7H,1H3. The topological polar surface area (TPSA) is 65.0 Å². The Balaban J connectivity index is 1.99. The van der Waals surface area contributed by atoms with Crippen LogP contribution in [0.25, 0.3) is 23.1 Å². The summed E-state index contributed by atoms with van der Waals surface area (Å²) in [5.74, 6) is 2.22. The van der Waals surface area contributed by atoms with Crippen molar-refractivity contribution in [3.8, 4) is 23.1 Å². The number of aryl methyl sites for hydroxylation is 1. The van der Waals surface area contributed by atoms with Crippen LogP contribution in [0.15, 0.2) is 45.5 Å². The van der Waals surface area contributed by atoms with E-state index in [0.717, 1.165) is 11.3 Å². The zero-order valence-electron chi connectivity index (χ0n) is 9.12. The van der Waals surface area contributed by atoms with Gasteiger partial charge in [0.25, 0.3) is 5.89 Å². The average Bonchev–Trinajstić information content (AvgIpc) is 2.98. The first-order valence-electron chi connectivity index (χ1n) is 5.13. The maximum atomic E-state index is 5.53. The Morgan fingerprint density at radius 3 is 2.35 bits per heavy atom. The fourth-order valence-electron chi connectivity index (χ4n) is 1.48. The number of hydrogen-bond acceptors (Lipinski definition) is 5. The molecule has 0 aliphatic carbocycles. The highest BCUT2D eigenvalue weighted by Crippen LogP contribution is 2.24. The van der Waals surface area contributed by atoms with Gasteiger partial charge in [0.2, 0.25) is 5.89 Å². The molecule has 3 aromatic rings. The van der Waals surface area contributed by atoms with Gasteiger partial charge in [-0.1, -0.05) is 0 Å². The van der Waals surface area contributed by atoms with Crippen molar-refractivity contribution in [2.45, 2.75) is 6.92 Å². The summed E-state index contributed by atoms with van der Waals surface area (Å²) in [6.45, 7) is 1.86. The first kappa shape index (κ1) is 9.77. The molecule has 0 saturated carbocycles. The van der Waals surface area contributed by atoms with Gasteiger partial charge in [-0.2, -0.15) is 0 Å². The lowest BCUT2D eigenvalue weighted by Gasteiger charge is -1.91. The predicted octanol–water partition coefficient (Wildman–Crippen LogP) is 2.70. The van der Waals surface area contributed by atoms with Crippen LogP contribution < -0.4 is 0 Å². The maximum Gasteiger partial charge on any atom is 0.283 e. The van der Waals surface area contributed by atoms with E-state index in [0.29, 0.717) is 17.5 Å². The van der Waals surface area contributed by atoms with Crippen molar-refractivity contribution in [3.63, 3.8) is 0 Å². The van der Waals surface area contributed by atoms with Gasteiger partial charge in [-0.05, 0) is 31.2 Å². The van der Waals surface area contributed by atoms with Crippen molar-refractivity contribution in [2.24, 2.45) is 0 Å². The molecule has 5 nitrogen and oxygen atoms in total. The molecule has 0 radical (unpaired) electrons. The molecule has 5 heteroatoms. The Morgan fingerprint density at radius 1 is 0.882 bits per heavy atom. The highest BCUT2D eigenvalue weighted by molar-refractivity contribution is 5.54. The third-order valence-electron chi connectivity index (χ3n) is 2.30. The van der Waals surface area contributed by atoms with Crippen LogP contribution >= 0.6 is 0 Å². The fourth-order valence-corrected chi connectivity index (χ4v) is 1.48. The molecule has 0 unspecified atom stereocenters. The fraction of sp³-hybridized carbons (Fsp3) is 0.0833. The van der Waals surface area contributed by atoms with Crippen LogP contribution in [-0.4, -0.2) is 15.2 Å². The highest BCUT2D eigenvalue weighted by atomic mass is 16.4. The Bertz CT molecular complexity index is 628. The summed E-state index contributed by atoms with van der Waals surface area (Å²) in [5.41, 5.74) is 0.835. The van der Waals surface area contributed by atoms with Crippen LogP contribution in [0.4, 0.5) is 0 Å². The summed E-state index contributed by atoms with van der Waals surface area (Å²) in [4.78, 5) is 3.93. The van der Waals surface area contributed by atoms with E-state index in [-0.39, 0.29) is 0 Å². The summed E-state index contributed by atoms with van der Waals surface area (Å²) in [7, 11) is 0. The van der Waals surface area contributed by atoms with E-state index in [1.165, 1.54) is 0 Å². The lowest BCUT2D eigenvalue weighted by atomic mass is 10.3. The van der Waals surface area contributed by atoms with Crippen LogP contribution in [0, 0.1) is 6.92 Å². The predicted molar refractivity (Wildman–Crippen MR) is 60.0 cm³/mol. The van der Waals surface area contributed by atoms with Crippen LogP contribution in [0.2, 0.25) is 0 Å². The zero-order valence-corrected chi connectivity index (χ0v) is 9.12. The minimum atomic E-state index is 0.380. The van der Waals surface area contributed by atoms with Gasteiger partial charge in [-0.25, -0.2) is 0 Å². The average molecular weight is 227 g/mol. The molecule has 0 amide bonds. The van der Waals surface area contributed by atoms with Crippen LogP contribution in [0.3, 0.4) is 0 Å². The van der Waals surface area contributed by atoms with Crippen molar-refractivity contribution < 1.29 is 8.83 Å². The quantitative estimate of drug-likeness (QED) is 0.673. The second-order valence-corrected chi connectivity index (χ2v) is 3.56. The van der Waals surface area contributed by atoms with E-state index in [1.54, 1.807) is 18.5 Å². The molecule has 0 aliphatic rings. The van der Waals surface area contributed by atoms with Gasteiger partial charge >= 0.3 is 0 Å². The molecule has 3 rings (SSSR count). The summed E-state index contributed by atoms with van der Waals surface area (Å²) in [5, 5.41) is 7.91. The molecular weight excluding hydrogens is 218 g/mol. The van der Waals surface area contributed by atoms with E-state index in [1.807, 2.05) is 25.1 Å². The normalized spacial score (nSPS) is 10.6. The SMILES string of the molecule is Cc1ccc(-c2nnc(-c3ccncc3)o2)o1. The molecule has 0 saturated heterocycles. The van der Waals surface area contributed by atoms with Crippen molar-refractivity contribution in [1.29, 1.82) is 0 Å². The van der Waals surface area contributed by atoms with Gasteiger partial charge in [-0.15, -0.1) is 10.2 Å². The monoisotopic (exact) mass is 227 g/mol. The van der Waals surface area contributed by atoms with Crippen LogP contribution in [-0.2, 0) is 0 Å². The van der Waals surface area contributed by atoms with Gasteiger partial charge in [0, 0.05) is 18.0 Å². The minimum absolute atomic E-state index is 0.380. The lowest BCUT2D eigenvalue weighted by Crippen LogP contribution is -1.77. The molecule has 0 fully saturated rings. The van der Waals surface area contributed by atoms with Crippen molar-refractivity contribution in [1.82, 2.24) is 15.2 Å². The molecule has 0 bridgehead atoms. The summed E-state index contributed by atoms with van der Waals surface area (Å²) >= 11 is 0. The molecule has 0 spiro atoms. The van der Waals surface area contributed by atoms with E-state index in [2.05, 4.69) is 15.2 Å². The van der Waals surface area contributed by atoms with Gasteiger partial charge in [-0.3, -0.25) is 4.98 Å². The molecule has 0 atom stereocenters. The molecule has 84 valence electrons. The van der Waals surface area contributed by atoms with Gasteiger partial charge in [0.05, 0.1) is 0 Å². The number of hydrogen-bond donors (Lipinski definition) is 0. The van der Waals surface area contributed by atoms with Gasteiger partial charge in [0.1, 0.15) is 5.76 Å². The number of pyridine rings is 1. The maximum absolute atomic E-state index is 5.53. The molecule has 3 aromatic heterocycles. The first-order valence-corrected chi connectivity index (χ1v) is 5.13. The van der Waals surface area contributed by atoms with Crippen molar-refractivity contribution >= 4 is 0 Å². The highest BCUT2D eigenvalue weighted by Gasteiger charge is 2.12. The molecule has 0 N–H and O–H groups in total. The van der Waals surface area contributed by atoms with Gasteiger partial charge in [0.15, 0.2) is 5.76 Å². The molecule has 0 aromatic carbocycles. The Labute approximate surface area is 97.1 Å². The van der Waals surface area contributed by atoms with Crippen molar-refractivity contribution in [3.05, 3.63) is 42.4 Å². The summed E-state index contributed by atoms with van der Waals surface area (Å²) in [6, 6.07) is 7.28. The number of rotatable bonds is 2. The number of furan rings is 1. The van der Waals surface area contributed by atoms with Crippen LogP contribution in [0.1, 0.15) is 5.76 Å². The number of aromatic nitrogens is 3. The van der Waals surface area contributed by atoms with E-state index in [9.17, 15) is 0 Å². The minimum Gasteiger partial charge on any atom is -0.456 e. The smallest absolute Gasteiger partial charge is 0.283 e. The molecule has 17 heavy (non-hydrogen) atoms. The third kappa shape index (κ3) is 1.82. The Hall–Kier alpha value is -2.43. The first-order chi connectivity index (χ1) is 8.33. The second kappa shape index (κ2) is 3.86. The molecule has 0 aliphatic heterocycles. The van der Waals surface area contributed by atoms with Crippen LogP contribution in [0.5, 0.6) is 0 Å². The largest absolute Gasteiger partial charge is 0.456 e. The Morgan fingerprint density at radius 2 is 1.65 bits per heavy atom. The third-order valence-corrected chi connectivity index (χ3v) is 2.30. The second-order valence-electron chi connectivity index (χ2n) is 3.56. The molecular formula is C12H9N3O2. The summed E-state index contributed by atoms with van der Waals surface area (Å²) < 4.78 is 10.9.